The molecule has 0 aliphatic rings. The molecule has 0 aliphatic carbocycles. The molecule has 1 aromatic heterocycles. The molecule has 110 valence electrons. The van der Waals surface area contributed by atoms with E-state index >= 15 is 0 Å². The van der Waals surface area contributed by atoms with E-state index in [0.717, 1.165) is 0 Å². The second-order valence-electron chi connectivity index (χ2n) is 3.99. The Kier molecular flexibility index (Phi) is 4.05. The number of nitro groups is 1. The van der Waals surface area contributed by atoms with Gasteiger partial charge in [-0.25, -0.2) is 13.4 Å². The van der Waals surface area contributed by atoms with Gasteiger partial charge in [-0.3, -0.25) is 19.8 Å². The molecule has 8 nitrogen and oxygen atoms in total. The van der Waals surface area contributed by atoms with Crippen molar-refractivity contribution in [1.29, 1.82) is 0 Å². The van der Waals surface area contributed by atoms with Crippen LogP contribution in [0.15, 0.2) is 35.5 Å². The number of halogens is 1. The first-order valence-corrected chi connectivity index (χ1v) is 7.42. The monoisotopic (exact) mass is 328 g/mol. The smallest absolute Gasteiger partial charge is 0.262 e. The molecule has 0 saturated carbocycles. The van der Waals surface area contributed by atoms with E-state index in [1.165, 1.54) is 37.5 Å². The molecule has 0 spiro atoms. The summed E-state index contributed by atoms with van der Waals surface area (Å²) in [5.41, 5.74) is -0.250. The van der Waals surface area contributed by atoms with E-state index in [0.29, 0.717) is 0 Å². The Morgan fingerprint density at radius 2 is 2.05 bits per heavy atom. The number of hydrogen-bond acceptors (Lipinski definition) is 6. The molecule has 0 bridgehead atoms. The number of nitrogens with zero attached hydrogens (tertiary/aromatic N) is 3. The molecule has 1 N–H and O–H groups in total. The molecule has 2 aromatic rings. The molecule has 0 aliphatic heterocycles. The van der Waals surface area contributed by atoms with Gasteiger partial charge in [-0.1, -0.05) is 17.7 Å². The summed E-state index contributed by atoms with van der Waals surface area (Å²) in [4.78, 5) is 17.4. The van der Waals surface area contributed by atoms with Crippen molar-refractivity contribution >= 4 is 33.1 Å². The molecular weight excluding hydrogens is 320 g/mol. The van der Waals surface area contributed by atoms with E-state index in [9.17, 15) is 18.5 Å². The molecule has 0 atom stereocenters. The van der Waals surface area contributed by atoms with Crippen molar-refractivity contribution in [3.8, 4) is 0 Å². The third-order valence-corrected chi connectivity index (χ3v) is 4.27. The molecule has 21 heavy (non-hydrogen) atoms. The molecule has 0 fully saturated rings. The van der Waals surface area contributed by atoms with Crippen molar-refractivity contribution in [2.75, 3.05) is 4.72 Å². The summed E-state index contributed by atoms with van der Waals surface area (Å²) in [6.07, 6.45) is 2.42. The zero-order chi connectivity index (χ0) is 15.6. The SMILES string of the molecule is Cc1c([N+](=O)[O-])cccc1S(=O)(=O)Nc1cncc(Cl)n1. The van der Waals surface area contributed by atoms with Crippen molar-refractivity contribution in [2.45, 2.75) is 11.8 Å². The van der Waals surface area contributed by atoms with Crippen LogP contribution >= 0.6 is 11.6 Å². The average molecular weight is 329 g/mol. The highest BCUT2D eigenvalue weighted by molar-refractivity contribution is 7.92. The van der Waals surface area contributed by atoms with Gasteiger partial charge in [0.25, 0.3) is 15.7 Å². The summed E-state index contributed by atoms with van der Waals surface area (Å²) in [7, 11) is -4.03. The van der Waals surface area contributed by atoms with Gasteiger partial charge in [-0.2, -0.15) is 0 Å². The highest BCUT2D eigenvalue weighted by atomic mass is 35.5. The molecule has 1 aromatic carbocycles. The summed E-state index contributed by atoms with van der Waals surface area (Å²) in [6.45, 7) is 1.36. The van der Waals surface area contributed by atoms with Gasteiger partial charge in [0.1, 0.15) is 5.15 Å². The standard InChI is InChI=1S/C11H9ClN4O4S/c1-7-8(16(17)18)3-2-4-9(7)21(19,20)15-11-6-13-5-10(12)14-11/h2-6H,1H3,(H,14,15). The van der Waals surface area contributed by atoms with Gasteiger partial charge in [0, 0.05) is 11.6 Å². The average Bonchev–Trinajstić information content (AvgIpc) is 2.37. The lowest BCUT2D eigenvalue weighted by molar-refractivity contribution is -0.385. The van der Waals surface area contributed by atoms with Crippen molar-refractivity contribution in [1.82, 2.24) is 9.97 Å². The van der Waals surface area contributed by atoms with E-state index in [4.69, 9.17) is 11.6 Å². The topological polar surface area (TPSA) is 115 Å². The Hall–Kier alpha value is -2.26. The second kappa shape index (κ2) is 5.62. The molecule has 0 amide bonds. The van der Waals surface area contributed by atoms with Crippen molar-refractivity contribution in [3.05, 3.63) is 51.4 Å². The predicted molar refractivity (Wildman–Crippen MR) is 75.7 cm³/mol. The lowest BCUT2D eigenvalue weighted by Crippen LogP contribution is -2.16. The van der Waals surface area contributed by atoms with E-state index in [1.54, 1.807) is 0 Å². The Bertz CT molecular complexity index is 810. The van der Waals surface area contributed by atoms with Gasteiger partial charge < -0.3 is 0 Å². The highest BCUT2D eigenvalue weighted by Crippen LogP contribution is 2.26. The Labute approximate surface area is 125 Å². The number of nitro benzene ring substituents is 1. The quantitative estimate of drug-likeness (QED) is 0.679. The van der Waals surface area contributed by atoms with Crippen molar-refractivity contribution in [3.63, 3.8) is 0 Å². The minimum absolute atomic E-state index is 0.0194. The van der Waals surface area contributed by atoms with Gasteiger partial charge in [0.05, 0.1) is 22.2 Å². The van der Waals surface area contributed by atoms with Gasteiger partial charge in [0.15, 0.2) is 5.82 Å². The van der Waals surface area contributed by atoms with Crippen molar-refractivity contribution < 1.29 is 13.3 Å². The first kappa shape index (κ1) is 15.1. The Morgan fingerprint density at radius 1 is 1.33 bits per heavy atom. The van der Waals surface area contributed by atoms with E-state index < -0.39 is 14.9 Å². The first-order chi connectivity index (χ1) is 9.81. The largest absolute Gasteiger partial charge is 0.273 e. The maximum Gasteiger partial charge on any atom is 0.273 e. The Balaban J connectivity index is 2.45. The number of anilines is 1. The zero-order valence-corrected chi connectivity index (χ0v) is 12.2. The number of nitrogens with one attached hydrogen (secondary N) is 1. The number of rotatable bonds is 4. The molecular formula is C11H9ClN4O4S. The highest BCUT2D eigenvalue weighted by Gasteiger charge is 2.23. The summed E-state index contributed by atoms with van der Waals surface area (Å²) in [6, 6.07) is 3.79. The van der Waals surface area contributed by atoms with Crippen LogP contribution in [0.5, 0.6) is 0 Å². The summed E-state index contributed by atoms with van der Waals surface area (Å²) >= 11 is 5.62. The second-order valence-corrected chi connectivity index (χ2v) is 6.03. The van der Waals surface area contributed by atoms with Crippen LogP contribution in [0, 0.1) is 17.0 Å². The molecule has 0 saturated heterocycles. The molecule has 10 heteroatoms. The molecule has 0 unspecified atom stereocenters. The number of aromatic nitrogens is 2. The fraction of sp³-hybridized carbons (Fsp3) is 0.0909. The van der Waals surface area contributed by atoms with Gasteiger partial charge in [-0.15, -0.1) is 0 Å². The van der Waals surface area contributed by atoms with Crippen LogP contribution in [0.2, 0.25) is 5.15 Å². The lowest BCUT2D eigenvalue weighted by Gasteiger charge is -2.09. The van der Waals surface area contributed by atoms with Gasteiger partial charge in [-0.05, 0) is 13.0 Å². The zero-order valence-electron chi connectivity index (χ0n) is 10.6. The van der Waals surface area contributed by atoms with Crippen LogP contribution in [0.1, 0.15) is 5.56 Å². The van der Waals surface area contributed by atoms with Crippen LogP contribution in [0.3, 0.4) is 0 Å². The summed E-state index contributed by atoms with van der Waals surface area (Å²) in [5, 5.41) is 10.9. The molecule has 2 rings (SSSR count). The molecule has 0 radical (unpaired) electrons. The first-order valence-electron chi connectivity index (χ1n) is 5.55. The third kappa shape index (κ3) is 3.26. The van der Waals surface area contributed by atoms with E-state index in [1.807, 2.05) is 0 Å². The fourth-order valence-electron chi connectivity index (χ4n) is 1.68. The van der Waals surface area contributed by atoms with Crippen LogP contribution < -0.4 is 4.72 Å². The minimum Gasteiger partial charge on any atom is -0.262 e. The van der Waals surface area contributed by atoms with Crippen LogP contribution in [-0.4, -0.2) is 23.3 Å². The van der Waals surface area contributed by atoms with E-state index in [-0.39, 0.29) is 27.1 Å². The van der Waals surface area contributed by atoms with E-state index in [2.05, 4.69) is 14.7 Å². The fourth-order valence-corrected chi connectivity index (χ4v) is 3.07. The van der Waals surface area contributed by atoms with Crippen LogP contribution in [0.4, 0.5) is 11.5 Å². The van der Waals surface area contributed by atoms with Gasteiger partial charge in [0.2, 0.25) is 0 Å². The lowest BCUT2D eigenvalue weighted by atomic mass is 10.2. The van der Waals surface area contributed by atoms with Gasteiger partial charge >= 0.3 is 0 Å². The summed E-state index contributed by atoms with van der Waals surface area (Å²) < 4.78 is 26.7. The van der Waals surface area contributed by atoms with Crippen molar-refractivity contribution in [2.24, 2.45) is 0 Å². The normalized spacial score (nSPS) is 11.1. The minimum atomic E-state index is -4.03. The maximum atomic E-state index is 12.3. The number of benzene rings is 1. The molecule has 1 heterocycles. The predicted octanol–water partition coefficient (Wildman–Crippen LogP) is 2.15. The summed E-state index contributed by atoms with van der Waals surface area (Å²) in [5.74, 6) is -0.0755. The Morgan fingerprint density at radius 3 is 2.67 bits per heavy atom. The third-order valence-electron chi connectivity index (χ3n) is 2.59. The number of hydrogen-bond donors (Lipinski definition) is 1. The maximum absolute atomic E-state index is 12.3. The van der Waals surface area contributed by atoms with Crippen LogP contribution in [-0.2, 0) is 10.0 Å². The van der Waals surface area contributed by atoms with Crippen LogP contribution in [0.25, 0.3) is 0 Å². The number of sulfonamides is 1.